The van der Waals surface area contributed by atoms with Gasteiger partial charge < -0.3 is 33.9 Å². The lowest BCUT2D eigenvalue weighted by Gasteiger charge is -2.37. The summed E-state index contributed by atoms with van der Waals surface area (Å²) in [7, 11) is -1.48. The third-order valence-electron chi connectivity index (χ3n) is 11.7. The fourth-order valence-electron chi connectivity index (χ4n) is 9.19. The summed E-state index contributed by atoms with van der Waals surface area (Å²) in [6.07, 6.45) is -0.234. The van der Waals surface area contributed by atoms with Gasteiger partial charge in [0.25, 0.3) is 11.8 Å². The van der Waals surface area contributed by atoms with Crippen LogP contribution in [0.4, 0.5) is 17.1 Å². The van der Waals surface area contributed by atoms with E-state index in [1.165, 1.54) is 0 Å². The minimum atomic E-state index is -3.05. The second-order valence-corrected chi connectivity index (χ2v) is 19.3. The molecule has 0 aromatic heterocycles. The molecule has 0 unspecified atom stereocenters. The van der Waals surface area contributed by atoms with Crippen molar-refractivity contribution in [2.24, 2.45) is 5.92 Å². The zero-order chi connectivity index (χ0) is 37.9. The molecule has 54 heavy (non-hydrogen) atoms. The second kappa shape index (κ2) is 13.7. The van der Waals surface area contributed by atoms with Crippen molar-refractivity contribution in [2.75, 3.05) is 30.1 Å². The van der Waals surface area contributed by atoms with Crippen molar-refractivity contribution in [1.29, 1.82) is 0 Å². The van der Waals surface area contributed by atoms with Crippen LogP contribution in [-0.2, 0) is 44.2 Å². The maximum Gasteiger partial charge on any atom is 0.269 e. The number of para-hydroxylation sites is 2. The molecular weight excluding hydrogens is 703 g/mol. The van der Waals surface area contributed by atoms with Crippen LogP contribution in [0.3, 0.4) is 0 Å². The Labute approximate surface area is 315 Å². The molecule has 4 heterocycles. The van der Waals surface area contributed by atoms with Crippen LogP contribution in [-0.4, -0.2) is 73.3 Å². The third-order valence-corrected chi connectivity index (χ3v) is 14.2. The quantitative estimate of drug-likeness (QED) is 0.229. The van der Waals surface area contributed by atoms with Crippen molar-refractivity contribution < 1.29 is 38.5 Å². The number of rotatable bonds is 8. The molecule has 0 bridgehead atoms. The molecule has 2 N–H and O–H groups in total. The van der Waals surface area contributed by atoms with Crippen molar-refractivity contribution in [3.63, 3.8) is 0 Å². The number of anilines is 3. The van der Waals surface area contributed by atoms with Gasteiger partial charge in [-0.25, -0.2) is 0 Å². The van der Waals surface area contributed by atoms with E-state index in [2.05, 4.69) is 0 Å². The van der Waals surface area contributed by atoms with Crippen molar-refractivity contribution in [1.82, 2.24) is 4.90 Å². The highest BCUT2D eigenvalue weighted by atomic mass is 28.4. The number of carbonyl (C=O) groups is 3. The Bertz CT molecular complexity index is 2120. The molecule has 4 aromatic carbocycles. The maximum absolute atomic E-state index is 15.0. The summed E-state index contributed by atoms with van der Waals surface area (Å²) in [4.78, 5) is 59.1. The number of aliphatic hydroxyl groups is 1. The molecule has 4 aliphatic rings. The summed E-state index contributed by atoms with van der Waals surface area (Å²) in [5.41, 5.74) is 3.74. The van der Waals surface area contributed by atoms with Crippen LogP contribution in [0.25, 0.3) is 0 Å². The van der Waals surface area contributed by atoms with Crippen LogP contribution >= 0.6 is 0 Å². The predicted molar refractivity (Wildman–Crippen MR) is 205 cm³/mol. The molecule has 5 atom stereocenters. The van der Waals surface area contributed by atoms with Crippen molar-refractivity contribution in [3.05, 3.63) is 113 Å². The number of hydrogen-bond donors (Lipinski definition) is 2. The number of ether oxygens (including phenoxy) is 3. The zero-order valence-electron chi connectivity index (χ0n) is 30.9. The first kappa shape index (κ1) is 36.0. The highest BCUT2D eigenvalue weighted by molar-refractivity contribution is 6.71. The lowest BCUT2D eigenvalue weighted by molar-refractivity contribution is -0.151. The zero-order valence-corrected chi connectivity index (χ0v) is 31.9. The van der Waals surface area contributed by atoms with Crippen molar-refractivity contribution in [3.8, 4) is 11.5 Å². The summed E-state index contributed by atoms with van der Waals surface area (Å²) in [6, 6.07) is 28.0. The number of amides is 3. The van der Waals surface area contributed by atoms with E-state index < -0.39 is 31.5 Å². The van der Waals surface area contributed by atoms with Gasteiger partial charge in [0.15, 0.2) is 20.5 Å². The lowest BCUT2D eigenvalue weighted by Crippen LogP contribution is -2.48. The van der Waals surface area contributed by atoms with E-state index in [1.54, 1.807) is 21.8 Å². The third kappa shape index (κ3) is 5.88. The van der Waals surface area contributed by atoms with Crippen molar-refractivity contribution >= 4 is 43.1 Å². The first-order valence-electron chi connectivity index (χ1n) is 18.5. The fraction of sp³-hybridized carbons (Fsp3) is 0.357. The summed E-state index contributed by atoms with van der Waals surface area (Å²) < 4.78 is 18.2. The molecule has 1 saturated heterocycles. The van der Waals surface area contributed by atoms with E-state index in [1.807, 2.05) is 111 Å². The number of hydrogen-bond acceptors (Lipinski definition) is 8. The van der Waals surface area contributed by atoms with E-state index in [0.29, 0.717) is 47.1 Å². The van der Waals surface area contributed by atoms with Crippen LogP contribution in [0, 0.1) is 5.92 Å². The molecule has 280 valence electrons. The molecule has 0 saturated carbocycles. The molecule has 3 amide bonds. The molecule has 11 nitrogen and oxygen atoms in total. The Morgan fingerprint density at radius 3 is 2.41 bits per heavy atom. The average molecular weight is 748 g/mol. The minimum Gasteiger partial charge on any atom is -0.497 e. The van der Waals surface area contributed by atoms with Gasteiger partial charge in [0.1, 0.15) is 11.5 Å². The number of fused-ring (bicyclic) bond motifs is 4. The standard InChI is InChI=1S/C42H45N3O8Si/c1-26-40(54(3,4)50)37(21-38(47)43-23-29-10-6-5-9-28(29)19-31(43)24-46)53-42(26)33-20-32(51-2)17-18-34(33)44(41(42)49)22-27-13-15-30(16-14-27)45-35-11-7-8-12-36(35)52-25-39(45)48/h5-18,20,26,31,37,40,46,50H,19,21-25H2,1-4H3/t26-,31+,37+,40-,42+/m1/s1. The van der Waals surface area contributed by atoms with Crippen LogP contribution in [0.2, 0.25) is 18.6 Å². The van der Waals surface area contributed by atoms with Crippen LogP contribution in [0.1, 0.15) is 35.6 Å². The number of carbonyl (C=O) groups excluding carboxylic acids is 3. The Kier molecular flexibility index (Phi) is 9.12. The van der Waals surface area contributed by atoms with E-state index in [4.69, 9.17) is 14.2 Å². The summed E-state index contributed by atoms with van der Waals surface area (Å²) in [6.45, 7) is 5.99. The molecule has 12 heteroatoms. The maximum atomic E-state index is 15.0. The van der Waals surface area contributed by atoms with Crippen LogP contribution < -0.4 is 19.3 Å². The molecule has 4 aliphatic heterocycles. The Morgan fingerprint density at radius 2 is 1.69 bits per heavy atom. The SMILES string of the molecule is COc1ccc2c(c1)[C@]1(O[C@@H](CC(=O)N3Cc4ccccc4C[C@H]3CO)[C@H]([Si](C)(C)O)[C@H]1C)C(=O)N2Cc1ccc(N2C(=O)COc3ccccc32)cc1. The van der Waals surface area contributed by atoms with Gasteiger partial charge in [-0.15, -0.1) is 0 Å². The van der Waals surface area contributed by atoms with Crippen LogP contribution in [0.5, 0.6) is 11.5 Å². The minimum absolute atomic E-state index is 0.0379. The summed E-state index contributed by atoms with van der Waals surface area (Å²) in [5, 5.41) is 10.3. The van der Waals surface area contributed by atoms with Crippen LogP contribution in [0.15, 0.2) is 91.0 Å². The number of nitrogens with zero attached hydrogens (tertiary/aromatic N) is 3. The van der Waals surface area contributed by atoms with E-state index in [-0.39, 0.29) is 49.9 Å². The number of aliphatic hydroxyl groups excluding tert-OH is 1. The van der Waals surface area contributed by atoms with E-state index >= 15 is 4.79 Å². The smallest absolute Gasteiger partial charge is 0.269 e. The molecule has 1 fully saturated rings. The monoisotopic (exact) mass is 747 g/mol. The Hall–Kier alpha value is -5.01. The van der Waals surface area contributed by atoms with Gasteiger partial charge in [0.2, 0.25) is 5.91 Å². The predicted octanol–water partition coefficient (Wildman–Crippen LogP) is 5.43. The second-order valence-electron chi connectivity index (χ2n) is 15.3. The first-order chi connectivity index (χ1) is 25.9. The van der Waals surface area contributed by atoms with E-state index in [9.17, 15) is 19.5 Å². The summed E-state index contributed by atoms with van der Waals surface area (Å²) in [5.74, 6) is 0.0919. The molecule has 1 spiro atoms. The molecular formula is C42H45N3O8Si. The molecule has 0 radical (unpaired) electrons. The normalized spacial score (nSPS) is 24.7. The average Bonchev–Trinajstić information content (AvgIpc) is 3.59. The highest BCUT2D eigenvalue weighted by Crippen LogP contribution is 2.60. The molecule has 8 rings (SSSR count). The number of methoxy groups -OCH3 is 1. The topological polar surface area (TPSA) is 129 Å². The fourth-order valence-corrected chi connectivity index (χ4v) is 11.7. The Balaban J connectivity index is 1.10. The van der Waals surface area contributed by atoms with Gasteiger partial charge in [-0.2, -0.15) is 0 Å². The van der Waals surface area contributed by atoms with Crippen molar-refractivity contribution in [2.45, 2.75) is 69.2 Å². The van der Waals surface area contributed by atoms with Gasteiger partial charge >= 0.3 is 0 Å². The van der Waals surface area contributed by atoms with Gasteiger partial charge in [-0.05, 0) is 78.7 Å². The first-order valence-corrected chi connectivity index (χ1v) is 21.5. The number of benzene rings is 4. The molecule has 4 aromatic rings. The van der Waals surface area contributed by atoms with Gasteiger partial charge in [-0.1, -0.05) is 55.5 Å². The van der Waals surface area contributed by atoms with Gasteiger partial charge in [0.05, 0.1) is 50.2 Å². The van der Waals surface area contributed by atoms with E-state index in [0.717, 1.165) is 16.7 Å². The summed E-state index contributed by atoms with van der Waals surface area (Å²) >= 11 is 0. The largest absolute Gasteiger partial charge is 0.497 e. The highest BCUT2D eigenvalue weighted by Gasteiger charge is 2.66. The molecule has 0 aliphatic carbocycles. The van der Waals surface area contributed by atoms with Gasteiger partial charge in [-0.3, -0.25) is 19.3 Å². The lowest BCUT2D eigenvalue weighted by atomic mass is 9.82. The Morgan fingerprint density at radius 1 is 0.963 bits per heavy atom. The van der Waals surface area contributed by atoms with Gasteiger partial charge in [0, 0.05) is 29.3 Å².